The quantitative estimate of drug-likeness (QED) is 0.799. The molecule has 1 fully saturated rings. The maximum atomic E-state index is 12.6. The Morgan fingerprint density at radius 2 is 2.12 bits per heavy atom. The van der Waals surface area contributed by atoms with E-state index in [0.717, 1.165) is 19.6 Å². The average molecular weight is 380 g/mol. The zero-order chi connectivity index (χ0) is 18.7. The number of methoxy groups -OCH3 is 1. The Kier molecular flexibility index (Phi) is 5.59. The number of nitrogens with one attached hydrogen (secondary N) is 1. The highest BCUT2D eigenvalue weighted by molar-refractivity contribution is 7.91. The van der Waals surface area contributed by atoms with Crippen LogP contribution in [0.3, 0.4) is 0 Å². The van der Waals surface area contributed by atoms with Gasteiger partial charge in [-0.25, -0.2) is 8.42 Å². The first-order valence-electron chi connectivity index (χ1n) is 8.52. The Hall–Kier alpha value is -1.97. The summed E-state index contributed by atoms with van der Waals surface area (Å²) in [4.78, 5) is 6.85. The molecule has 1 aliphatic rings. The zero-order valence-electron chi connectivity index (χ0n) is 15.2. The van der Waals surface area contributed by atoms with E-state index in [1.54, 1.807) is 31.2 Å². The van der Waals surface area contributed by atoms with Crippen LogP contribution in [0.15, 0.2) is 33.7 Å². The molecule has 0 amide bonds. The first-order valence-corrected chi connectivity index (χ1v) is 10.2. The minimum absolute atomic E-state index is 0.0339. The molecule has 26 heavy (non-hydrogen) atoms. The predicted molar refractivity (Wildman–Crippen MR) is 96.0 cm³/mol. The molecule has 3 rings (SSSR count). The van der Waals surface area contributed by atoms with Gasteiger partial charge in [0.1, 0.15) is 5.75 Å². The maximum absolute atomic E-state index is 12.6. The van der Waals surface area contributed by atoms with Crippen molar-refractivity contribution in [2.75, 3.05) is 39.5 Å². The molecule has 2 atom stereocenters. The van der Waals surface area contributed by atoms with Crippen LogP contribution in [0.2, 0.25) is 0 Å². The van der Waals surface area contributed by atoms with Crippen LogP contribution in [0.5, 0.6) is 5.75 Å². The van der Waals surface area contributed by atoms with E-state index in [4.69, 9.17) is 9.26 Å². The lowest BCUT2D eigenvalue weighted by molar-refractivity contribution is 0.190. The summed E-state index contributed by atoms with van der Waals surface area (Å²) in [5, 5.41) is 7.36. The van der Waals surface area contributed by atoms with Crippen LogP contribution in [0, 0.1) is 0 Å². The lowest BCUT2D eigenvalue weighted by atomic mass is 10.2. The van der Waals surface area contributed by atoms with E-state index >= 15 is 0 Å². The van der Waals surface area contributed by atoms with Crippen LogP contribution < -0.4 is 10.1 Å². The third kappa shape index (κ3) is 4.05. The Morgan fingerprint density at radius 3 is 2.77 bits per heavy atom. The number of hydrogen-bond donors (Lipinski definition) is 1. The third-order valence-corrected chi connectivity index (χ3v) is 6.51. The minimum atomic E-state index is -3.47. The van der Waals surface area contributed by atoms with Crippen molar-refractivity contribution >= 4 is 9.84 Å². The van der Waals surface area contributed by atoms with Crippen LogP contribution >= 0.6 is 0 Å². The van der Waals surface area contributed by atoms with E-state index in [0.29, 0.717) is 17.5 Å². The van der Waals surface area contributed by atoms with Crippen molar-refractivity contribution in [3.05, 3.63) is 36.0 Å². The number of benzene rings is 1. The molecule has 2 heterocycles. The Morgan fingerprint density at radius 1 is 1.38 bits per heavy atom. The number of sulfone groups is 1. The second kappa shape index (κ2) is 7.73. The molecular formula is C17H24N4O4S. The van der Waals surface area contributed by atoms with Gasteiger partial charge in [0.2, 0.25) is 5.89 Å². The molecule has 0 bridgehead atoms. The normalized spacial score (nSPS) is 20.0. The molecule has 8 nitrogen and oxygen atoms in total. The van der Waals surface area contributed by atoms with Gasteiger partial charge in [0.25, 0.3) is 0 Å². The number of nitrogens with zero attached hydrogens (tertiary/aromatic N) is 3. The zero-order valence-corrected chi connectivity index (χ0v) is 16.0. The number of ether oxygens (including phenoxy) is 1. The molecule has 1 aromatic heterocycles. The van der Waals surface area contributed by atoms with Crippen LogP contribution in [-0.4, -0.2) is 63.0 Å². The lowest BCUT2D eigenvalue weighted by Crippen LogP contribution is -2.44. The number of rotatable bonds is 6. The number of likely N-dealkylation sites (N-methyl/N-ethyl adjacent to an activating group) is 1. The van der Waals surface area contributed by atoms with E-state index in [2.05, 4.69) is 20.4 Å². The molecule has 9 heteroatoms. The number of piperazine rings is 1. The largest absolute Gasteiger partial charge is 0.497 e. The summed E-state index contributed by atoms with van der Waals surface area (Å²) >= 11 is 0. The van der Waals surface area contributed by atoms with Crippen molar-refractivity contribution in [1.29, 1.82) is 0 Å². The SMILES string of the molecule is COc1ccc(S(=O)(=O)CC(C)c2nc(C3CNCCN3C)no2)cc1. The van der Waals surface area contributed by atoms with Crippen LogP contribution in [0.1, 0.15) is 30.6 Å². The van der Waals surface area contributed by atoms with E-state index < -0.39 is 15.8 Å². The Labute approximate surface area is 153 Å². The van der Waals surface area contributed by atoms with Gasteiger partial charge in [0.05, 0.1) is 23.8 Å². The molecule has 1 aliphatic heterocycles. The summed E-state index contributed by atoms with van der Waals surface area (Å²) in [5.74, 6) is 1.05. The monoisotopic (exact) mass is 380 g/mol. The molecule has 0 aliphatic carbocycles. The van der Waals surface area contributed by atoms with E-state index in [1.807, 2.05) is 7.05 Å². The summed E-state index contributed by atoms with van der Waals surface area (Å²) in [6, 6.07) is 6.39. The molecular weight excluding hydrogens is 356 g/mol. The van der Waals surface area contributed by atoms with E-state index in [9.17, 15) is 8.42 Å². The van der Waals surface area contributed by atoms with Gasteiger partial charge in [-0.2, -0.15) is 4.98 Å². The van der Waals surface area contributed by atoms with Gasteiger partial charge >= 0.3 is 0 Å². The smallest absolute Gasteiger partial charge is 0.230 e. The summed E-state index contributed by atoms with van der Waals surface area (Å²) in [7, 11) is 0.0876. The standard InChI is InChI=1S/C17H24N4O4S/c1-12(11-26(22,23)14-6-4-13(24-3)5-7-14)17-19-16(20-25-17)15-10-18-8-9-21(15)2/h4-7,12,15,18H,8-11H2,1-3H3. The van der Waals surface area contributed by atoms with Crippen LogP contribution in [0.25, 0.3) is 0 Å². The van der Waals surface area contributed by atoms with Gasteiger partial charge in [-0.3, -0.25) is 4.90 Å². The van der Waals surface area contributed by atoms with E-state index in [-0.39, 0.29) is 16.7 Å². The predicted octanol–water partition coefficient (Wildman–Crippen LogP) is 1.23. The van der Waals surface area contributed by atoms with Gasteiger partial charge in [0.15, 0.2) is 15.7 Å². The summed E-state index contributed by atoms with van der Waals surface area (Å²) in [6.07, 6.45) is 0. The number of aromatic nitrogens is 2. The van der Waals surface area contributed by atoms with Crippen molar-refractivity contribution in [2.45, 2.75) is 23.8 Å². The fraction of sp³-hybridized carbons (Fsp3) is 0.529. The fourth-order valence-corrected chi connectivity index (χ4v) is 4.50. The van der Waals surface area contributed by atoms with Crippen molar-refractivity contribution < 1.29 is 17.7 Å². The van der Waals surface area contributed by atoms with Gasteiger partial charge in [0, 0.05) is 25.6 Å². The Balaban J connectivity index is 1.72. The maximum Gasteiger partial charge on any atom is 0.230 e. The summed E-state index contributed by atoms with van der Waals surface area (Å²) in [5.41, 5.74) is 0. The molecule has 2 aromatic rings. The summed E-state index contributed by atoms with van der Waals surface area (Å²) < 4.78 is 35.7. The van der Waals surface area contributed by atoms with Crippen molar-refractivity contribution in [3.63, 3.8) is 0 Å². The molecule has 0 spiro atoms. The van der Waals surface area contributed by atoms with Crippen LogP contribution in [-0.2, 0) is 9.84 Å². The lowest BCUT2D eigenvalue weighted by Gasteiger charge is -2.30. The first-order chi connectivity index (χ1) is 12.4. The third-order valence-electron chi connectivity index (χ3n) is 4.58. The Bertz CT molecular complexity index is 835. The molecule has 142 valence electrons. The highest BCUT2D eigenvalue weighted by atomic mass is 32.2. The molecule has 1 saturated heterocycles. The molecule has 2 unspecified atom stereocenters. The first kappa shape index (κ1) is 18.8. The highest BCUT2D eigenvalue weighted by Crippen LogP contribution is 2.24. The topological polar surface area (TPSA) is 97.6 Å². The number of hydrogen-bond acceptors (Lipinski definition) is 8. The summed E-state index contributed by atoms with van der Waals surface area (Å²) in [6.45, 7) is 4.35. The average Bonchev–Trinajstić information content (AvgIpc) is 3.12. The molecule has 0 radical (unpaired) electrons. The second-order valence-corrected chi connectivity index (χ2v) is 8.58. The second-order valence-electron chi connectivity index (χ2n) is 6.55. The highest BCUT2D eigenvalue weighted by Gasteiger charge is 2.28. The van der Waals surface area contributed by atoms with Crippen LogP contribution in [0.4, 0.5) is 0 Å². The van der Waals surface area contributed by atoms with E-state index in [1.165, 1.54) is 7.11 Å². The van der Waals surface area contributed by atoms with Gasteiger partial charge in [-0.05, 0) is 31.3 Å². The molecule has 1 aromatic carbocycles. The minimum Gasteiger partial charge on any atom is -0.497 e. The van der Waals surface area contributed by atoms with Crippen molar-refractivity contribution in [2.24, 2.45) is 0 Å². The van der Waals surface area contributed by atoms with Gasteiger partial charge < -0.3 is 14.6 Å². The van der Waals surface area contributed by atoms with Gasteiger partial charge in [-0.15, -0.1) is 0 Å². The van der Waals surface area contributed by atoms with Crippen molar-refractivity contribution in [3.8, 4) is 5.75 Å². The fourth-order valence-electron chi connectivity index (χ4n) is 2.96. The van der Waals surface area contributed by atoms with Gasteiger partial charge in [-0.1, -0.05) is 12.1 Å². The molecule has 1 N–H and O–H groups in total. The van der Waals surface area contributed by atoms with Crippen molar-refractivity contribution in [1.82, 2.24) is 20.4 Å². The molecule has 0 saturated carbocycles.